The molecule has 1 aliphatic heterocycles. The molecule has 1 aliphatic rings. The predicted molar refractivity (Wildman–Crippen MR) is 112 cm³/mol. The van der Waals surface area contributed by atoms with Crippen LogP contribution in [0.4, 0.5) is 9.59 Å². The van der Waals surface area contributed by atoms with Crippen LogP contribution in [0.15, 0.2) is 73.5 Å². The maximum Gasteiger partial charge on any atom is 0.410 e. The molecular weight excluding hydrogens is 400 g/mol. The van der Waals surface area contributed by atoms with Crippen molar-refractivity contribution in [2.45, 2.75) is 19.3 Å². The minimum atomic E-state index is -1.03. The number of amides is 2. The second kappa shape index (κ2) is 10.8. The molecular formula is C23H24N2O6. The fourth-order valence-corrected chi connectivity index (χ4v) is 3.14. The van der Waals surface area contributed by atoms with Crippen molar-refractivity contribution in [1.29, 1.82) is 0 Å². The summed E-state index contributed by atoms with van der Waals surface area (Å²) in [5.74, 6) is -0.702. The van der Waals surface area contributed by atoms with E-state index in [0.717, 1.165) is 17.4 Å². The number of carbonyl (C=O) groups excluding carboxylic acids is 3. The summed E-state index contributed by atoms with van der Waals surface area (Å²) < 4.78 is 15.6. The topological polar surface area (TPSA) is 85.4 Å². The maximum atomic E-state index is 12.6. The smallest absolute Gasteiger partial charge is 0.410 e. The van der Waals surface area contributed by atoms with Gasteiger partial charge in [-0.15, -0.1) is 0 Å². The van der Waals surface area contributed by atoms with Crippen LogP contribution in [0.5, 0.6) is 0 Å². The van der Waals surface area contributed by atoms with Crippen molar-refractivity contribution in [3.05, 3.63) is 84.6 Å². The summed E-state index contributed by atoms with van der Waals surface area (Å²) in [6.07, 6.45) is -0.243. The van der Waals surface area contributed by atoms with Gasteiger partial charge in [0.15, 0.2) is 6.04 Å². The minimum absolute atomic E-state index is 0.0687. The first kappa shape index (κ1) is 21.9. The van der Waals surface area contributed by atoms with Gasteiger partial charge in [0.05, 0.1) is 12.8 Å². The first-order chi connectivity index (χ1) is 15.1. The van der Waals surface area contributed by atoms with E-state index < -0.39 is 24.2 Å². The number of piperazine rings is 1. The van der Waals surface area contributed by atoms with Gasteiger partial charge in [-0.05, 0) is 11.1 Å². The number of carbonyl (C=O) groups is 3. The SMILES string of the molecule is C=COC(=O)C1CN(C(=O)OCc2ccccc2)CCN1C(=O)OCc1ccccc1. The lowest BCUT2D eigenvalue weighted by atomic mass is 10.2. The van der Waals surface area contributed by atoms with Crippen LogP contribution in [0.3, 0.4) is 0 Å². The monoisotopic (exact) mass is 424 g/mol. The second-order valence-corrected chi connectivity index (χ2v) is 6.84. The lowest BCUT2D eigenvalue weighted by Gasteiger charge is -2.38. The van der Waals surface area contributed by atoms with Gasteiger partial charge in [0.25, 0.3) is 0 Å². The van der Waals surface area contributed by atoms with Gasteiger partial charge in [0.2, 0.25) is 0 Å². The fraction of sp³-hybridized carbons (Fsp3) is 0.261. The molecule has 2 aromatic carbocycles. The Morgan fingerprint density at radius 1 is 0.871 bits per heavy atom. The lowest BCUT2D eigenvalue weighted by molar-refractivity contribution is -0.145. The molecule has 1 unspecified atom stereocenters. The van der Waals surface area contributed by atoms with E-state index in [4.69, 9.17) is 14.2 Å². The van der Waals surface area contributed by atoms with E-state index in [1.54, 1.807) is 0 Å². The third-order valence-corrected chi connectivity index (χ3v) is 4.75. The normalized spacial score (nSPS) is 15.7. The predicted octanol–water partition coefficient (Wildman–Crippen LogP) is 3.33. The Labute approximate surface area is 180 Å². The molecule has 8 heteroatoms. The van der Waals surface area contributed by atoms with E-state index in [9.17, 15) is 14.4 Å². The molecule has 31 heavy (non-hydrogen) atoms. The summed E-state index contributed by atoms with van der Waals surface area (Å²) in [5, 5.41) is 0. The number of hydrogen-bond donors (Lipinski definition) is 0. The van der Waals surface area contributed by atoms with Gasteiger partial charge >= 0.3 is 18.2 Å². The number of benzene rings is 2. The molecule has 8 nitrogen and oxygen atoms in total. The summed E-state index contributed by atoms with van der Waals surface area (Å²) in [7, 11) is 0. The van der Waals surface area contributed by atoms with Crippen molar-refractivity contribution in [3.63, 3.8) is 0 Å². The summed E-state index contributed by atoms with van der Waals surface area (Å²) in [5.41, 5.74) is 1.67. The van der Waals surface area contributed by atoms with Gasteiger partial charge in [0, 0.05) is 13.1 Å². The molecule has 2 amide bonds. The first-order valence-corrected chi connectivity index (χ1v) is 9.83. The number of hydrogen-bond acceptors (Lipinski definition) is 6. The van der Waals surface area contributed by atoms with E-state index in [1.165, 1.54) is 9.80 Å². The molecule has 1 atom stereocenters. The number of rotatable bonds is 6. The van der Waals surface area contributed by atoms with Crippen LogP contribution in [-0.2, 0) is 32.2 Å². The summed E-state index contributed by atoms with van der Waals surface area (Å²) in [6.45, 7) is 3.79. The maximum absolute atomic E-state index is 12.6. The lowest BCUT2D eigenvalue weighted by Crippen LogP contribution is -2.59. The highest BCUT2D eigenvalue weighted by Gasteiger charge is 2.39. The third kappa shape index (κ3) is 6.08. The van der Waals surface area contributed by atoms with Gasteiger partial charge < -0.3 is 19.1 Å². The Hall–Kier alpha value is -3.81. The molecule has 3 rings (SSSR count). The minimum Gasteiger partial charge on any atom is -0.445 e. The van der Waals surface area contributed by atoms with E-state index in [2.05, 4.69) is 6.58 Å². The van der Waals surface area contributed by atoms with Crippen LogP contribution in [0.2, 0.25) is 0 Å². The molecule has 1 saturated heterocycles. The molecule has 0 bridgehead atoms. The number of ether oxygens (including phenoxy) is 3. The van der Waals surface area contributed by atoms with Crippen molar-refractivity contribution in [2.24, 2.45) is 0 Å². The molecule has 162 valence electrons. The molecule has 0 aliphatic carbocycles. The Kier molecular flexibility index (Phi) is 7.64. The molecule has 0 saturated carbocycles. The van der Waals surface area contributed by atoms with Crippen LogP contribution in [-0.4, -0.2) is 53.6 Å². The van der Waals surface area contributed by atoms with Gasteiger partial charge in [-0.2, -0.15) is 0 Å². The molecule has 1 heterocycles. The zero-order valence-electron chi connectivity index (χ0n) is 17.0. The largest absolute Gasteiger partial charge is 0.445 e. The Balaban J connectivity index is 1.61. The average Bonchev–Trinajstić information content (AvgIpc) is 2.82. The highest BCUT2D eigenvalue weighted by atomic mass is 16.6. The average molecular weight is 424 g/mol. The van der Waals surface area contributed by atoms with Crippen LogP contribution in [0.25, 0.3) is 0 Å². The number of esters is 1. The first-order valence-electron chi connectivity index (χ1n) is 9.83. The van der Waals surface area contributed by atoms with Crippen LogP contribution < -0.4 is 0 Å². The van der Waals surface area contributed by atoms with Crippen LogP contribution in [0, 0.1) is 0 Å². The van der Waals surface area contributed by atoms with E-state index in [1.807, 2.05) is 60.7 Å². The molecule has 0 N–H and O–H groups in total. The van der Waals surface area contributed by atoms with Crippen molar-refractivity contribution >= 4 is 18.2 Å². The Bertz CT molecular complexity index is 903. The summed E-state index contributed by atoms with van der Waals surface area (Å²) in [6, 6.07) is 17.4. The van der Waals surface area contributed by atoms with Crippen molar-refractivity contribution in [1.82, 2.24) is 9.80 Å². The zero-order chi connectivity index (χ0) is 22.1. The standard InChI is InChI=1S/C23H24N2O6/c1-2-29-21(26)20-15-24(22(27)30-16-18-9-5-3-6-10-18)13-14-25(20)23(28)31-17-19-11-7-4-8-12-19/h2-12,20H,1,13-17H2. The molecule has 0 spiro atoms. The zero-order valence-corrected chi connectivity index (χ0v) is 17.0. The van der Waals surface area contributed by atoms with Crippen molar-refractivity contribution in [3.8, 4) is 0 Å². The summed E-state index contributed by atoms with van der Waals surface area (Å²) in [4.78, 5) is 40.1. The quantitative estimate of drug-likeness (QED) is 0.402. The van der Waals surface area contributed by atoms with Gasteiger partial charge in [-0.25, -0.2) is 14.4 Å². The number of nitrogens with zero attached hydrogens (tertiary/aromatic N) is 2. The van der Waals surface area contributed by atoms with Crippen LogP contribution in [0.1, 0.15) is 11.1 Å². The summed E-state index contributed by atoms with van der Waals surface area (Å²) >= 11 is 0. The van der Waals surface area contributed by atoms with Crippen molar-refractivity contribution in [2.75, 3.05) is 19.6 Å². The molecule has 2 aromatic rings. The highest BCUT2D eigenvalue weighted by Crippen LogP contribution is 2.16. The fourth-order valence-electron chi connectivity index (χ4n) is 3.14. The van der Waals surface area contributed by atoms with E-state index >= 15 is 0 Å². The molecule has 1 fully saturated rings. The third-order valence-electron chi connectivity index (χ3n) is 4.75. The second-order valence-electron chi connectivity index (χ2n) is 6.84. The molecule has 0 radical (unpaired) electrons. The van der Waals surface area contributed by atoms with Gasteiger partial charge in [-0.3, -0.25) is 4.90 Å². The Morgan fingerprint density at radius 2 is 1.42 bits per heavy atom. The van der Waals surface area contributed by atoms with Gasteiger partial charge in [-0.1, -0.05) is 67.2 Å². The highest BCUT2D eigenvalue weighted by molar-refractivity contribution is 5.83. The van der Waals surface area contributed by atoms with Crippen LogP contribution >= 0.6 is 0 Å². The van der Waals surface area contributed by atoms with E-state index in [-0.39, 0.29) is 32.8 Å². The molecule has 0 aromatic heterocycles. The van der Waals surface area contributed by atoms with E-state index in [0.29, 0.717) is 0 Å². The van der Waals surface area contributed by atoms with Crippen molar-refractivity contribution < 1.29 is 28.6 Å². The Morgan fingerprint density at radius 3 is 1.97 bits per heavy atom. The van der Waals surface area contributed by atoms with Gasteiger partial charge in [0.1, 0.15) is 13.2 Å².